The summed E-state index contributed by atoms with van der Waals surface area (Å²) in [7, 11) is 0. The highest BCUT2D eigenvalue weighted by atomic mass is 16.2. The maximum absolute atomic E-state index is 12.5. The lowest BCUT2D eigenvalue weighted by molar-refractivity contribution is 0.201. The summed E-state index contributed by atoms with van der Waals surface area (Å²) in [5, 5.41) is 3.22. The van der Waals surface area contributed by atoms with Crippen molar-refractivity contribution in [2.45, 2.75) is 45.6 Å². The Hall–Kier alpha value is -1.85. The molecule has 1 N–H and O–H groups in total. The quantitative estimate of drug-likeness (QED) is 0.903. The van der Waals surface area contributed by atoms with Crippen molar-refractivity contribution in [3.8, 4) is 0 Å². The maximum Gasteiger partial charge on any atom is 0.317 e. The number of urea groups is 1. The highest BCUT2D eigenvalue weighted by molar-refractivity contribution is 5.75. The van der Waals surface area contributed by atoms with Crippen LogP contribution >= 0.6 is 0 Å². The normalized spacial score (nSPS) is 26.9. The molecule has 24 heavy (non-hydrogen) atoms. The Labute approximate surface area is 143 Å². The van der Waals surface area contributed by atoms with Crippen molar-refractivity contribution < 1.29 is 4.79 Å². The Kier molecular flexibility index (Phi) is 4.06. The molecule has 2 atom stereocenters. The molecule has 1 saturated carbocycles. The van der Waals surface area contributed by atoms with Crippen LogP contribution in [0.4, 0.5) is 10.6 Å². The number of rotatable bonds is 2. The van der Waals surface area contributed by atoms with E-state index in [9.17, 15) is 4.79 Å². The second-order valence-corrected chi connectivity index (χ2v) is 7.67. The van der Waals surface area contributed by atoms with Crippen LogP contribution in [-0.4, -0.2) is 53.1 Å². The highest BCUT2D eigenvalue weighted by Gasteiger charge is 2.42. The Morgan fingerprint density at radius 3 is 2.42 bits per heavy atom. The molecular weight excluding hydrogens is 302 g/mol. The molecule has 0 bridgehead atoms. The van der Waals surface area contributed by atoms with Crippen LogP contribution < -0.4 is 10.2 Å². The number of likely N-dealkylation sites (tertiary alicyclic amines) is 1. The van der Waals surface area contributed by atoms with Crippen molar-refractivity contribution >= 4 is 11.8 Å². The van der Waals surface area contributed by atoms with Crippen molar-refractivity contribution in [1.29, 1.82) is 0 Å². The van der Waals surface area contributed by atoms with Crippen LogP contribution in [0.1, 0.15) is 36.9 Å². The van der Waals surface area contributed by atoms with Crippen molar-refractivity contribution in [1.82, 2.24) is 20.2 Å². The monoisotopic (exact) mass is 329 g/mol. The molecule has 0 aromatic carbocycles. The number of fused-ring (bicyclic) bond motifs is 1. The summed E-state index contributed by atoms with van der Waals surface area (Å²) in [6.07, 6.45) is 6.46. The Bertz CT molecular complexity index is 614. The van der Waals surface area contributed by atoms with E-state index in [4.69, 9.17) is 0 Å². The number of carbonyl (C=O) groups excluding carboxylic acids is 1. The number of aryl methyl sites for hydroxylation is 1. The van der Waals surface area contributed by atoms with E-state index in [1.54, 1.807) is 6.33 Å². The van der Waals surface area contributed by atoms with Gasteiger partial charge in [0.25, 0.3) is 0 Å². The first-order chi connectivity index (χ1) is 11.6. The van der Waals surface area contributed by atoms with Crippen LogP contribution in [0.5, 0.6) is 0 Å². The van der Waals surface area contributed by atoms with Crippen LogP contribution in [-0.2, 0) is 0 Å². The van der Waals surface area contributed by atoms with Gasteiger partial charge in [-0.25, -0.2) is 14.8 Å². The largest absolute Gasteiger partial charge is 0.356 e. The van der Waals surface area contributed by atoms with Crippen molar-refractivity contribution in [3.63, 3.8) is 0 Å². The van der Waals surface area contributed by atoms with E-state index in [-0.39, 0.29) is 6.03 Å². The molecule has 6 heteroatoms. The van der Waals surface area contributed by atoms with E-state index in [1.807, 2.05) is 11.8 Å². The molecule has 0 spiro atoms. The minimum Gasteiger partial charge on any atom is -0.356 e. The predicted molar refractivity (Wildman–Crippen MR) is 93.1 cm³/mol. The molecule has 2 amide bonds. The number of hydrogen-bond acceptors (Lipinski definition) is 4. The Balaban J connectivity index is 1.36. The zero-order valence-electron chi connectivity index (χ0n) is 14.7. The van der Waals surface area contributed by atoms with E-state index in [2.05, 4.69) is 27.1 Å². The first-order valence-corrected chi connectivity index (χ1v) is 9.20. The van der Waals surface area contributed by atoms with Gasteiger partial charge in [-0.05, 0) is 26.7 Å². The number of anilines is 1. The SMILES string of the molecule is Cc1ncnc(N2CC3CN(C(=O)NC4CCCC4)CC3C2)c1C. The van der Waals surface area contributed by atoms with E-state index in [0.717, 1.165) is 50.5 Å². The molecule has 130 valence electrons. The molecule has 3 heterocycles. The predicted octanol–water partition coefficient (Wildman–Crippen LogP) is 2.11. The summed E-state index contributed by atoms with van der Waals surface area (Å²) in [5.41, 5.74) is 2.22. The zero-order chi connectivity index (χ0) is 16.7. The fraction of sp³-hybridized carbons (Fsp3) is 0.722. The standard InChI is InChI=1S/C18H27N5O/c1-12-13(2)19-11-20-17(12)22-7-14-9-23(10-15(14)8-22)18(24)21-16-5-3-4-6-16/h11,14-16H,3-10H2,1-2H3,(H,21,24). The van der Waals surface area contributed by atoms with Crippen LogP contribution in [0.25, 0.3) is 0 Å². The van der Waals surface area contributed by atoms with Crippen LogP contribution in [0, 0.1) is 25.7 Å². The van der Waals surface area contributed by atoms with Crippen LogP contribution in [0.3, 0.4) is 0 Å². The average molecular weight is 329 g/mol. The van der Waals surface area contributed by atoms with Gasteiger partial charge in [-0.1, -0.05) is 12.8 Å². The third kappa shape index (κ3) is 2.82. The lowest BCUT2D eigenvalue weighted by Gasteiger charge is -2.25. The second-order valence-electron chi connectivity index (χ2n) is 7.67. The molecule has 2 aliphatic heterocycles. The van der Waals surface area contributed by atoms with Gasteiger partial charge in [-0.2, -0.15) is 0 Å². The van der Waals surface area contributed by atoms with Gasteiger partial charge in [0.15, 0.2) is 0 Å². The van der Waals surface area contributed by atoms with Gasteiger partial charge in [0.1, 0.15) is 12.1 Å². The van der Waals surface area contributed by atoms with E-state index in [1.165, 1.54) is 18.4 Å². The van der Waals surface area contributed by atoms with Gasteiger partial charge in [-0.3, -0.25) is 0 Å². The van der Waals surface area contributed by atoms with E-state index in [0.29, 0.717) is 17.9 Å². The van der Waals surface area contributed by atoms with Gasteiger partial charge in [-0.15, -0.1) is 0 Å². The molecule has 3 fully saturated rings. The van der Waals surface area contributed by atoms with Crippen LogP contribution in [0.2, 0.25) is 0 Å². The summed E-state index contributed by atoms with van der Waals surface area (Å²) >= 11 is 0. The fourth-order valence-electron chi connectivity index (χ4n) is 4.51. The third-order valence-corrected chi connectivity index (χ3v) is 6.07. The van der Waals surface area contributed by atoms with Crippen molar-refractivity contribution in [2.75, 3.05) is 31.1 Å². The number of carbonyl (C=O) groups is 1. The van der Waals surface area contributed by atoms with Crippen molar-refractivity contribution in [2.24, 2.45) is 11.8 Å². The van der Waals surface area contributed by atoms with Gasteiger partial charge in [0.2, 0.25) is 0 Å². The first kappa shape index (κ1) is 15.7. The highest BCUT2D eigenvalue weighted by Crippen LogP contribution is 2.34. The summed E-state index contributed by atoms with van der Waals surface area (Å²) < 4.78 is 0. The van der Waals surface area contributed by atoms with Gasteiger partial charge < -0.3 is 15.1 Å². The molecule has 2 unspecified atom stereocenters. The fourth-order valence-corrected chi connectivity index (χ4v) is 4.51. The summed E-state index contributed by atoms with van der Waals surface area (Å²) in [6, 6.07) is 0.554. The molecule has 4 rings (SSSR count). The minimum atomic E-state index is 0.150. The third-order valence-electron chi connectivity index (χ3n) is 6.07. The van der Waals surface area contributed by atoms with Gasteiger partial charge in [0, 0.05) is 55.3 Å². The number of amides is 2. The molecular formula is C18H27N5O. The Morgan fingerprint density at radius 2 is 1.75 bits per heavy atom. The summed E-state index contributed by atoms with van der Waals surface area (Å²) in [6.45, 7) is 7.88. The lowest BCUT2D eigenvalue weighted by Crippen LogP contribution is -2.44. The molecule has 1 aromatic heterocycles. The Morgan fingerprint density at radius 1 is 1.08 bits per heavy atom. The van der Waals surface area contributed by atoms with Gasteiger partial charge >= 0.3 is 6.03 Å². The van der Waals surface area contributed by atoms with Crippen LogP contribution in [0.15, 0.2) is 6.33 Å². The molecule has 0 radical (unpaired) electrons. The summed E-state index contributed by atoms with van der Waals surface area (Å²) in [5.74, 6) is 2.20. The maximum atomic E-state index is 12.5. The number of aromatic nitrogens is 2. The minimum absolute atomic E-state index is 0.150. The number of nitrogens with one attached hydrogen (secondary N) is 1. The lowest BCUT2D eigenvalue weighted by atomic mass is 10.0. The molecule has 6 nitrogen and oxygen atoms in total. The number of nitrogens with zero attached hydrogens (tertiary/aromatic N) is 4. The first-order valence-electron chi connectivity index (χ1n) is 9.20. The summed E-state index contributed by atoms with van der Waals surface area (Å²) in [4.78, 5) is 25.6. The topological polar surface area (TPSA) is 61.4 Å². The molecule has 1 aromatic rings. The average Bonchev–Trinajstić information content (AvgIpc) is 3.25. The van der Waals surface area contributed by atoms with E-state index >= 15 is 0 Å². The van der Waals surface area contributed by atoms with E-state index < -0.39 is 0 Å². The van der Waals surface area contributed by atoms with Gasteiger partial charge in [0.05, 0.1) is 0 Å². The smallest absolute Gasteiger partial charge is 0.317 e. The molecule has 2 saturated heterocycles. The number of hydrogen-bond donors (Lipinski definition) is 1. The molecule has 3 aliphatic rings. The zero-order valence-corrected chi connectivity index (χ0v) is 14.7. The second kappa shape index (κ2) is 6.22. The van der Waals surface area contributed by atoms with Crippen molar-refractivity contribution in [3.05, 3.63) is 17.6 Å². The molecule has 1 aliphatic carbocycles.